The second-order valence-electron chi connectivity index (χ2n) is 4.83. The monoisotopic (exact) mass is 323 g/mol. The number of nitrogens with two attached hydrogens (primary N) is 1. The molecular formula is C12H16F3N3O2S. The van der Waals surface area contributed by atoms with E-state index in [9.17, 15) is 21.6 Å². The van der Waals surface area contributed by atoms with Crippen molar-refractivity contribution in [3.63, 3.8) is 0 Å². The predicted octanol–water partition coefficient (Wildman–Crippen LogP) is 1.11. The van der Waals surface area contributed by atoms with E-state index < -0.39 is 22.4 Å². The van der Waals surface area contributed by atoms with Gasteiger partial charge in [-0.15, -0.1) is 0 Å². The molecule has 0 amide bonds. The first-order valence-electron chi connectivity index (χ1n) is 6.33. The number of halogens is 3. The van der Waals surface area contributed by atoms with Gasteiger partial charge in [-0.25, -0.2) is 5.14 Å². The van der Waals surface area contributed by atoms with Gasteiger partial charge in [-0.05, 0) is 5.56 Å². The molecule has 0 bridgehead atoms. The normalized spacial score (nSPS) is 20.4. The Morgan fingerprint density at radius 1 is 1.05 bits per heavy atom. The standard InChI is InChI=1S/C12H16F3N3O2S/c13-12(14,15)11(10-4-2-1-3-5-10)17-6-8-18(9-7-17)21(16,19)20/h1-5,11H,6-9H2,(H2,16,19,20). The fourth-order valence-corrected chi connectivity index (χ4v) is 3.13. The van der Waals surface area contributed by atoms with Gasteiger partial charge in [0.2, 0.25) is 0 Å². The molecule has 1 aromatic rings. The van der Waals surface area contributed by atoms with E-state index in [-0.39, 0.29) is 31.7 Å². The van der Waals surface area contributed by atoms with Crippen LogP contribution in [0.2, 0.25) is 0 Å². The Morgan fingerprint density at radius 2 is 1.57 bits per heavy atom. The molecule has 2 N–H and O–H groups in total. The van der Waals surface area contributed by atoms with Crippen LogP contribution in [0.1, 0.15) is 11.6 Å². The predicted molar refractivity (Wildman–Crippen MR) is 71.5 cm³/mol. The molecule has 0 aliphatic carbocycles. The molecule has 118 valence electrons. The maximum atomic E-state index is 13.3. The molecule has 1 aromatic carbocycles. The largest absolute Gasteiger partial charge is 0.408 e. The molecule has 1 aliphatic heterocycles. The quantitative estimate of drug-likeness (QED) is 0.906. The van der Waals surface area contributed by atoms with Crippen LogP contribution in [0, 0.1) is 0 Å². The lowest BCUT2D eigenvalue weighted by Gasteiger charge is -2.38. The molecular weight excluding hydrogens is 307 g/mol. The molecule has 0 radical (unpaired) electrons. The van der Waals surface area contributed by atoms with Crippen LogP contribution in [0.4, 0.5) is 13.2 Å². The number of piperazine rings is 1. The van der Waals surface area contributed by atoms with Crippen LogP contribution in [0.15, 0.2) is 30.3 Å². The van der Waals surface area contributed by atoms with E-state index in [2.05, 4.69) is 0 Å². The topological polar surface area (TPSA) is 66.6 Å². The van der Waals surface area contributed by atoms with Crippen molar-refractivity contribution in [3.05, 3.63) is 35.9 Å². The Labute approximate surface area is 121 Å². The summed E-state index contributed by atoms with van der Waals surface area (Å²) in [6, 6.07) is 5.86. The summed E-state index contributed by atoms with van der Waals surface area (Å²) in [6.45, 7) is -0.124. The first kappa shape index (κ1) is 16.2. The second-order valence-corrected chi connectivity index (χ2v) is 6.38. The molecule has 9 heteroatoms. The number of rotatable bonds is 3. The number of alkyl halides is 3. The SMILES string of the molecule is NS(=O)(=O)N1CCN(C(c2ccccc2)C(F)(F)F)CC1. The molecule has 1 fully saturated rings. The minimum atomic E-state index is -4.43. The summed E-state index contributed by atoms with van der Waals surface area (Å²) in [5.41, 5.74) is 0.147. The van der Waals surface area contributed by atoms with E-state index >= 15 is 0 Å². The molecule has 1 unspecified atom stereocenters. The summed E-state index contributed by atoms with van der Waals surface area (Å²) in [5, 5.41) is 4.99. The number of hydrogen-bond acceptors (Lipinski definition) is 3. The van der Waals surface area contributed by atoms with Gasteiger partial charge in [0.25, 0.3) is 10.2 Å². The lowest BCUT2D eigenvalue weighted by molar-refractivity contribution is -0.189. The van der Waals surface area contributed by atoms with Gasteiger partial charge in [-0.3, -0.25) is 4.90 Å². The zero-order chi connectivity index (χ0) is 15.7. The van der Waals surface area contributed by atoms with Gasteiger partial charge in [-0.1, -0.05) is 30.3 Å². The number of hydrogen-bond donors (Lipinski definition) is 1. The van der Waals surface area contributed by atoms with E-state index in [0.717, 1.165) is 4.31 Å². The molecule has 0 aromatic heterocycles. The zero-order valence-electron chi connectivity index (χ0n) is 11.1. The molecule has 0 spiro atoms. The zero-order valence-corrected chi connectivity index (χ0v) is 11.9. The molecule has 1 saturated heterocycles. The van der Waals surface area contributed by atoms with E-state index in [1.54, 1.807) is 18.2 Å². The van der Waals surface area contributed by atoms with Crippen LogP contribution < -0.4 is 5.14 Å². The lowest BCUT2D eigenvalue weighted by atomic mass is 10.0. The smallest absolute Gasteiger partial charge is 0.286 e. The van der Waals surface area contributed by atoms with Crippen LogP contribution >= 0.6 is 0 Å². The van der Waals surface area contributed by atoms with Crippen LogP contribution in [-0.4, -0.2) is 50.0 Å². The van der Waals surface area contributed by atoms with Crippen molar-refractivity contribution in [3.8, 4) is 0 Å². The maximum Gasteiger partial charge on any atom is 0.408 e. The third kappa shape index (κ3) is 3.94. The second kappa shape index (κ2) is 5.91. The van der Waals surface area contributed by atoms with E-state index in [0.29, 0.717) is 0 Å². The summed E-state index contributed by atoms with van der Waals surface area (Å²) in [6.07, 6.45) is -4.43. The molecule has 1 atom stereocenters. The third-order valence-electron chi connectivity index (χ3n) is 3.42. The van der Waals surface area contributed by atoms with Gasteiger partial charge in [0.05, 0.1) is 0 Å². The fourth-order valence-electron chi connectivity index (χ4n) is 2.46. The average Bonchev–Trinajstić information content (AvgIpc) is 2.38. The van der Waals surface area contributed by atoms with Gasteiger partial charge < -0.3 is 0 Å². The van der Waals surface area contributed by atoms with Crippen molar-refractivity contribution in [2.75, 3.05) is 26.2 Å². The van der Waals surface area contributed by atoms with Crippen molar-refractivity contribution in [2.45, 2.75) is 12.2 Å². The molecule has 2 rings (SSSR count). The summed E-state index contributed by atoms with van der Waals surface area (Å²) in [4.78, 5) is 1.23. The van der Waals surface area contributed by atoms with E-state index in [1.165, 1.54) is 17.0 Å². The Bertz CT molecular complexity index is 569. The molecule has 0 saturated carbocycles. The highest BCUT2D eigenvalue weighted by molar-refractivity contribution is 7.86. The van der Waals surface area contributed by atoms with Gasteiger partial charge in [0.15, 0.2) is 0 Å². The first-order chi connectivity index (χ1) is 9.69. The van der Waals surface area contributed by atoms with Crippen molar-refractivity contribution in [1.29, 1.82) is 0 Å². The molecule has 21 heavy (non-hydrogen) atoms. The Hall–Kier alpha value is -1.16. The van der Waals surface area contributed by atoms with Crippen molar-refractivity contribution < 1.29 is 21.6 Å². The van der Waals surface area contributed by atoms with Gasteiger partial charge >= 0.3 is 6.18 Å². The molecule has 5 nitrogen and oxygen atoms in total. The Morgan fingerprint density at radius 3 is 2.00 bits per heavy atom. The first-order valence-corrected chi connectivity index (χ1v) is 7.83. The minimum Gasteiger partial charge on any atom is -0.286 e. The summed E-state index contributed by atoms with van der Waals surface area (Å²) >= 11 is 0. The minimum absolute atomic E-state index is 0.0184. The van der Waals surface area contributed by atoms with Gasteiger partial charge in [0, 0.05) is 26.2 Å². The lowest BCUT2D eigenvalue weighted by Crippen LogP contribution is -2.53. The van der Waals surface area contributed by atoms with Crippen LogP contribution in [0.25, 0.3) is 0 Å². The van der Waals surface area contributed by atoms with Crippen LogP contribution in [0.5, 0.6) is 0 Å². The summed E-state index contributed by atoms with van der Waals surface area (Å²) in [5.74, 6) is 0. The Kier molecular flexibility index (Phi) is 4.57. The highest BCUT2D eigenvalue weighted by atomic mass is 32.2. The highest BCUT2D eigenvalue weighted by Crippen LogP contribution is 2.38. The van der Waals surface area contributed by atoms with Gasteiger partial charge in [0.1, 0.15) is 6.04 Å². The number of nitrogens with zero attached hydrogens (tertiary/aromatic N) is 2. The van der Waals surface area contributed by atoms with Crippen molar-refractivity contribution in [1.82, 2.24) is 9.21 Å². The van der Waals surface area contributed by atoms with E-state index in [1.807, 2.05) is 0 Å². The maximum absolute atomic E-state index is 13.3. The number of benzene rings is 1. The molecule has 1 aliphatic rings. The molecule has 1 heterocycles. The van der Waals surface area contributed by atoms with Crippen LogP contribution in [-0.2, 0) is 10.2 Å². The van der Waals surface area contributed by atoms with Gasteiger partial charge in [-0.2, -0.15) is 25.9 Å². The van der Waals surface area contributed by atoms with Crippen molar-refractivity contribution >= 4 is 10.2 Å². The summed E-state index contributed by atoms with van der Waals surface area (Å²) in [7, 11) is -3.85. The highest BCUT2D eigenvalue weighted by Gasteiger charge is 2.45. The summed E-state index contributed by atoms with van der Waals surface area (Å²) < 4.78 is 63.3. The Balaban J connectivity index is 2.18. The van der Waals surface area contributed by atoms with Crippen molar-refractivity contribution in [2.24, 2.45) is 5.14 Å². The van der Waals surface area contributed by atoms with Crippen LogP contribution in [0.3, 0.4) is 0 Å². The average molecular weight is 323 g/mol. The fraction of sp³-hybridized carbons (Fsp3) is 0.500. The third-order valence-corrected chi connectivity index (χ3v) is 4.51. The van der Waals surface area contributed by atoms with E-state index in [4.69, 9.17) is 5.14 Å².